The van der Waals surface area contributed by atoms with Gasteiger partial charge in [0.1, 0.15) is 5.76 Å². The second-order valence-corrected chi connectivity index (χ2v) is 7.93. The Labute approximate surface area is 191 Å². The fourth-order valence-corrected chi connectivity index (χ4v) is 3.93. The van der Waals surface area contributed by atoms with E-state index in [1.54, 1.807) is 37.3 Å². The van der Waals surface area contributed by atoms with Crippen LogP contribution in [0.15, 0.2) is 61.1 Å². The van der Waals surface area contributed by atoms with Crippen LogP contribution < -0.4 is 16.3 Å². The van der Waals surface area contributed by atoms with Crippen LogP contribution in [-0.2, 0) is 6.42 Å². The van der Waals surface area contributed by atoms with Crippen molar-refractivity contribution in [3.8, 4) is 0 Å². The first-order valence-electron chi connectivity index (χ1n) is 9.84. The summed E-state index contributed by atoms with van der Waals surface area (Å²) in [4.78, 5) is 37.1. The van der Waals surface area contributed by atoms with E-state index in [-0.39, 0.29) is 11.5 Å². The van der Waals surface area contributed by atoms with Crippen molar-refractivity contribution >= 4 is 39.4 Å². The summed E-state index contributed by atoms with van der Waals surface area (Å²) in [6, 6.07) is 10.0. The number of nitrogens with one attached hydrogen (secondary N) is 3. The van der Waals surface area contributed by atoms with Gasteiger partial charge >= 0.3 is 11.8 Å². The molecule has 0 spiro atoms. The molecule has 1 aromatic carbocycles. The van der Waals surface area contributed by atoms with Crippen LogP contribution in [0.4, 0.5) is 0 Å². The molecule has 1 aliphatic carbocycles. The Balaban J connectivity index is 1.49. The first kappa shape index (κ1) is 21.6. The van der Waals surface area contributed by atoms with Gasteiger partial charge in [-0.3, -0.25) is 25.2 Å². The van der Waals surface area contributed by atoms with E-state index >= 15 is 0 Å². The Morgan fingerprint density at radius 3 is 2.53 bits per heavy atom. The summed E-state index contributed by atoms with van der Waals surface area (Å²) in [6.07, 6.45) is 3.42. The number of hydrogen-bond donors (Lipinski definition) is 3. The lowest BCUT2D eigenvalue weighted by molar-refractivity contribution is 0.0829. The first-order valence-corrected chi connectivity index (χ1v) is 10.6. The molecule has 32 heavy (non-hydrogen) atoms. The SMILES string of the molecule is Cc1c(C(=O)NNC(=O)c2ccccc2Br)oc2c1/C(=N/NC(=O)c1ccco1)CCC2. The van der Waals surface area contributed by atoms with Crippen molar-refractivity contribution in [2.24, 2.45) is 5.10 Å². The van der Waals surface area contributed by atoms with Crippen LogP contribution in [0.2, 0.25) is 0 Å². The van der Waals surface area contributed by atoms with Gasteiger partial charge in [-0.2, -0.15) is 5.10 Å². The Bertz CT molecular complexity index is 1210. The molecule has 0 radical (unpaired) electrons. The molecule has 0 aliphatic heterocycles. The van der Waals surface area contributed by atoms with Crippen molar-refractivity contribution in [2.45, 2.75) is 26.2 Å². The van der Waals surface area contributed by atoms with Crippen molar-refractivity contribution in [1.82, 2.24) is 16.3 Å². The second-order valence-electron chi connectivity index (χ2n) is 7.07. The third kappa shape index (κ3) is 4.35. The first-order chi connectivity index (χ1) is 15.5. The maximum Gasteiger partial charge on any atom is 0.307 e. The van der Waals surface area contributed by atoms with E-state index in [0.717, 1.165) is 6.42 Å². The highest BCUT2D eigenvalue weighted by atomic mass is 79.9. The van der Waals surface area contributed by atoms with E-state index in [2.05, 4.69) is 37.3 Å². The standard InChI is InChI=1S/C22H19BrN4O5/c1-12-18-15(24-26-21(29)17-10-5-11-31-17)8-4-9-16(18)32-19(12)22(30)27-25-20(28)13-6-2-3-7-14(13)23/h2-3,5-7,10-11H,4,8-9H2,1H3,(H,25,28)(H,26,29)(H,27,30)/b24-15+. The Morgan fingerprint density at radius 2 is 1.78 bits per heavy atom. The third-order valence-electron chi connectivity index (χ3n) is 4.98. The molecule has 2 aromatic heterocycles. The molecule has 9 nitrogen and oxygen atoms in total. The van der Waals surface area contributed by atoms with Gasteiger partial charge in [0.2, 0.25) is 0 Å². The van der Waals surface area contributed by atoms with E-state index in [1.165, 1.54) is 12.3 Å². The maximum atomic E-state index is 12.7. The number of benzene rings is 1. The Hall–Kier alpha value is -3.66. The number of fused-ring (bicyclic) bond motifs is 1. The molecule has 164 valence electrons. The number of carbonyl (C=O) groups is 3. The number of nitrogens with zero attached hydrogens (tertiary/aromatic N) is 1. The summed E-state index contributed by atoms with van der Waals surface area (Å²) < 4.78 is 11.4. The predicted molar refractivity (Wildman–Crippen MR) is 118 cm³/mol. The molecule has 2 heterocycles. The number of hydrazone groups is 1. The maximum absolute atomic E-state index is 12.7. The number of hydrazine groups is 1. The minimum atomic E-state index is -0.587. The minimum Gasteiger partial charge on any atom is -0.459 e. The van der Waals surface area contributed by atoms with Crippen LogP contribution in [0.25, 0.3) is 0 Å². The molecule has 0 saturated heterocycles. The van der Waals surface area contributed by atoms with Gasteiger partial charge in [-0.25, -0.2) is 5.43 Å². The van der Waals surface area contributed by atoms with E-state index in [4.69, 9.17) is 8.83 Å². The van der Waals surface area contributed by atoms with Gasteiger partial charge in [0.05, 0.1) is 17.5 Å². The lowest BCUT2D eigenvalue weighted by Crippen LogP contribution is -2.41. The molecule has 4 rings (SSSR count). The van der Waals surface area contributed by atoms with Crippen LogP contribution >= 0.6 is 15.9 Å². The number of hydrogen-bond acceptors (Lipinski definition) is 6. The zero-order chi connectivity index (χ0) is 22.7. The summed E-state index contributed by atoms with van der Waals surface area (Å²) >= 11 is 3.30. The predicted octanol–water partition coefficient (Wildman–Crippen LogP) is 3.49. The van der Waals surface area contributed by atoms with Crippen LogP contribution in [0.3, 0.4) is 0 Å². The van der Waals surface area contributed by atoms with Crippen LogP contribution in [0.5, 0.6) is 0 Å². The average Bonchev–Trinajstić information content (AvgIpc) is 3.45. The van der Waals surface area contributed by atoms with Gasteiger partial charge in [0, 0.05) is 22.0 Å². The lowest BCUT2D eigenvalue weighted by Gasteiger charge is -2.13. The van der Waals surface area contributed by atoms with Gasteiger partial charge in [-0.15, -0.1) is 0 Å². The van der Waals surface area contributed by atoms with Gasteiger partial charge in [-0.05, 0) is 60.0 Å². The highest BCUT2D eigenvalue weighted by Gasteiger charge is 2.28. The molecule has 0 bridgehead atoms. The summed E-state index contributed by atoms with van der Waals surface area (Å²) in [6.45, 7) is 1.74. The fourth-order valence-electron chi connectivity index (χ4n) is 3.46. The van der Waals surface area contributed by atoms with Crippen LogP contribution in [0.1, 0.15) is 61.2 Å². The molecule has 0 fully saturated rings. The fraction of sp³-hybridized carbons (Fsp3) is 0.182. The molecule has 10 heteroatoms. The highest BCUT2D eigenvalue weighted by molar-refractivity contribution is 9.10. The highest BCUT2D eigenvalue weighted by Crippen LogP contribution is 2.29. The van der Waals surface area contributed by atoms with Crippen molar-refractivity contribution in [3.05, 3.63) is 81.1 Å². The molecule has 0 unspecified atom stereocenters. The smallest absolute Gasteiger partial charge is 0.307 e. The summed E-state index contributed by atoms with van der Waals surface area (Å²) in [7, 11) is 0. The summed E-state index contributed by atoms with van der Waals surface area (Å²) in [5.41, 5.74) is 9.51. The summed E-state index contributed by atoms with van der Waals surface area (Å²) in [5.74, 6) is -0.686. The number of amides is 3. The molecule has 3 N–H and O–H groups in total. The van der Waals surface area contributed by atoms with Crippen molar-refractivity contribution in [2.75, 3.05) is 0 Å². The second kappa shape index (κ2) is 9.23. The zero-order valence-electron chi connectivity index (χ0n) is 17.0. The largest absolute Gasteiger partial charge is 0.459 e. The average molecular weight is 499 g/mol. The van der Waals surface area contributed by atoms with E-state index in [9.17, 15) is 14.4 Å². The molecule has 0 atom stereocenters. The number of carbonyl (C=O) groups excluding carboxylic acids is 3. The van der Waals surface area contributed by atoms with Crippen molar-refractivity contribution in [1.29, 1.82) is 0 Å². The monoisotopic (exact) mass is 498 g/mol. The van der Waals surface area contributed by atoms with Crippen molar-refractivity contribution < 1.29 is 23.2 Å². The van der Waals surface area contributed by atoms with E-state index in [0.29, 0.717) is 45.5 Å². The number of aryl methyl sites for hydroxylation is 1. The third-order valence-corrected chi connectivity index (χ3v) is 5.67. The lowest BCUT2D eigenvalue weighted by atomic mass is 9.93. The summed E-state index contributed by atoms with van der Waals surface area (Å²) in [5, 5.41) is 4.23. The molecule has 0 saturated carbocycles. The zero-order valence-corrected chi connectivity index (χ0v) is 18.6. The topological polar surface area (TPSA) is 126 Å². The number of furan rings is 2. The molecule has 3 aromatic rings. The molecule has 1 aliphatic rings. The Kier molecular flexibility index (Phi) is 6.22. The van der Waals surface area contributed by atoms with E-state index in [1.807, 2.05) is 0 Å². The van der Waals surface area contributed by atoms with Crippen molar-refractivity contribution in [3.63, 3.8) is 0 Å². The minimum absolute atomic E-state index is 0.0781. The molecule has 3 amide bonds. The number of rotatable bonds is 4. The van der Waals surface area contributed by atoms with Crippen LogP contribution in [-0.4, -0.2) is 23.4 Å². The normalized spacial score (nSPS) is 14.0. The number of halogens is 1. The van der Waals surface area contributed by atoms with Gasteiger partial charge in [0.15, 0.2) is 11.5 Å². The quantitative estimate of drug-likeness (QED) is 0.474. The van der Waals surface area contributed by atoms with Crippen LogP contribution in [0, 0.1) is 6.92 Å². The van der Waals surface area contributed by atoms with Gasteiger partial charge < -0.3 is 8.83 Å². The molecular weight excluding hydrogens is 480 g/mol. The molecular formula is C22H19BrN4O5. The van der Waals surface area contributed by atoms with Gasteiger partial charge in [-0.1, -0.05) is 12.1 Å². The Morgan fingerprint density at radius 1 is 1.00 bits per heavy atom. The van der Waals surface area contributed by atoms with Gasteiger partial charge in [0.25, 0.3) is 5.91 Å². The van der Waals surface area contributed by atoms with E-state index < -0.39 is 17.7 Å².